The summed E-state index contributed by atoms with van der Waals surface area (Å²) in [5.41, 5.74) is 12.3. The first-order chi connectivity index (χ1) is 37.6. The average molecular weight is 1160 g/mol. The standard InChI is InChI=1S/C32H35ClF3N5O2.C26H26ClF3N6.2CH4/c1-31(2,3)43-30(42)40-21-14-11-20(12-15-21)28(32(34,35)36)38-22-8-6-9-23(17-22)39-29-37-18-26(33)27(41-29)25-16-13-19-7-4-5-10-24(19)25;27-21-14-33-25(36-23(21)20-13-32-22-7-2-1-6-19(20)22)35-18-5-3-4-17(12-18)34-24(26(28,29)30)15-8-10-16(31)11-9-15;;/h4-5,7,10-12,14-16,18,22-23,28,38H,6,8-9,13,17H2,1-3H3,(H,40,42)(H,37,39,41);1-2,6-11,13-14,17-18,24,32,34H,3-5,12,31H2,(H,33,35,36);2*1H4/t22-,23+,28+;17-,18+,24+;;/m00../s1. The Labute approximate surface area is 478 Å². The SMILES string of the molecule is C.C.CC(C)(C)OC(=O)Nc1ccc([C@@H](N[C@H]2CCC[C@@H](Nc3ncc(Cl)c(C4=CCc5ccccc54)n3)C2)C(F)(F)F)cc1.Nc1ccc([C@@H](N[C@H]2CCC[C@@H](Nc3ncc(Cl)c(-c4c[nH]c5ccccc45)n3)C2)C(F)(F)F)cc1. The highest BCUT2D eigenvalue weighted by atomic mass is 35.5. The van der Waals surface area contributed by atoms with Crippen molar-refractivity contribution in [1.29, 1.82) is 0 Å². The van der Waals surface area contributed by atoms with Gasteiger partial charge in [0.2, 0.25) is 11.9 Å². The minimum absolute atomic E-state index is 0. The van der Waals surface area contributed by atoms with Gasteiger partial charge in [0, 0.05) is 63.8 Å². The number of ether oxygens (including phenoxy) is 1. The molecule has 8 N–H and O–H groups in total. The maximum atomic E-state index is 14.2. The predicted octanol–water partition coefficient (Wildman–Crippen LogP) is 15.8. The van der Waals surface area contributed by atoms with E-state index in [0.717, 1.165) is 59.7 Å². The number of H-pyrrole nitrogens is 1. The summed E-state index contributed by atoms with van der Waals surface area (Å²) in [5.74, 6) is 0.798. The van der Waals surface area contributed by atoms with Crippen molar-refractivity contribution < 1.29 is 35.9 Å². The van der Waals surface area contributed by atoms with Crippen molar-refractivity contribution in [2.75, 3.05) is 21.7 Å². The fourth-order valence-corrected chi connectivity index (χ4v) is 10.8. The van der Waals surface area contributed by atoms with E-state index in [2.05, 4.69) is 58.7 Å². The van der Waals surface area contributed by atoms with Gasteiger partial charge in [-0.05, 0) is 131 Å². The minimum Gasteiger partial charge on any atom is -0.444 e. The second-order valence-corrected chi connectivity index (χ2v) is 21.9. The monoisotopic (exact) mass is 1160 g/mol. The third-order valence-corrected chi connectivity index (χ3v) is 14.6. The molecule has 0 radical (unpaired) electrons. The Morgan fingerprint density at radius 3 is 1.74 bits per heavy atom. The summed E-state index contributed by atoms with van der Waals surface area (Å²) in [5, 5.41) is 16.7. The second kappa shape index (κ2) is 26.3. The summed E-state index contributed by atoms with van der Waals surface area (Å²) in [6.45, 7) is 5.19. The van der Waals surface area contributed by atoms with Gasteiger partial charge in [-0.15, -0.1) is 0 Å². The van der Waals surface area contributed by atoms with Crippen molar-refractivity contribution in [3.8, 4) is 11.3 Å². The first kappa shape index (κ1) is 61.7. The van der Waals surface area contributed by atoms with Gasteiger partial charge in [0.25, 0.3) is 0 Å². The second-order valence-electron chi connectivity index (χ2n) is 21.1. The van der Waals surface area contributed by atoms with E-state index in [1.165, 1.54) is 54.1 Å². The summed E-state index contributed by atoms with van der Waals surface area (Å²) in [7, 11) is 0. The normalized spacial score (nSPS) is 18.8. The van der Waals surface area contributed by atoms with Crippen molar-refractivity contribution >= 4 is 69.0 Å². The lowest BCUT2D eigenvalue weighted by Crippen LogP contribution is -2.45. The van der Waals surface area contributed by atoms with Crippen LogP contribution in [0.3, 0.4) is 0 Å². The van der Waals surface area contributed by atoms with Gasteiger partial charge >= 0.3 is 18.4 Å². The number of allylic oxidation sites excluding steroid dienone is 1. The maximum Gasteiger partial charge on any atom is 0.412 e. The minimum atomic E-state index is -4.51. The van der Waals surface area contributed by atoms with E-state index in [1.54, 1.807) is 33.2 Å². The third-order valence-electron chi connectivity index (χ3n) is 14.1. The Bertz CT molecular complexity index is 3260. The smallest absolute Gasteiger partial charge is 0.412 e. The fraction of sp³-hybridized carbons (Fsp3) is 0.383. The zero-order chi connectivity index (χ0) is 56.1. The van der Waals surface area contributed by atoms with E-state index in [1.807, 2.05) is 48.7 Å². The van der Waals surface area contributed by atoms with Gasteiger partial charge in [-0.3, -0.25) is 16.0 Å². The number of hydrogen-bond acceptors (Lipinski definition) is 11. The van der Waals surface area contributed by atoms with Gasteiger partial charge in [-0.1, -0.05) is 111 Å². The molecule has 10 rings (SSSR count). The molecule has 0 spiro atoms. The number of aromatic nitrogens is 5. The number of hydrogen-bond donors (Lipinski definition) is 7. The number of amides is 1. The van der Waals surface area contributed by atoms with Gasteiger partial charge in [0.1, 0.15) is 17.7 Å². The molecule has 432 valence electrons. The number of carbonyl (C=O) groups excluding carboxylic acids is 1. The van der Waals surface area contributed by atoms with Crippen LogP contribution in [0.15, 0.2) is 122 Å². The number of rotatable bonds is 13. The molecule has 4 aromatic carbocycles. The highest BCUT2D eigenvalue weighted by Gasteiger charge is 2.44. The first-order valence-electron chi connectivity index (χ1n) is 26.2. The molecule has 0 aliphatic heterocycles. The number of fused-ring (bicyclic) bond motifs is 2. The molecule has 7 aromatic rings. The molecule has 6 atom stereocenters. The molecule has 1 amide bonds. The summed E-state index contributed by atoms with van der Waals surface area (Å²) < 4.78 is 89.6. The molecule has 81 heavy (non-hydrogen) atoms. The number of nitrogen functional groups attached to an aromatic ring is 1. The topological polar surface area (TPSA) is 180 Å². The molecular formula is C60H69Cl2F6N11O2. The van der Waals surface area contributed by atoms with Crippen LogP contribution in [0.25, 0.3) is 27.7 Å². The molecule has 13 nitrogen and oxygen atoms in total. The molecule has 0 saturated heterocycles. The van der Waals surface area contributed by atoms with Crippen LogP contribution >= 0.6 is 23.2 Å². The largest absolute Gasteiger partial charge is 0.444 e. The molecular weight excluding hydrogens is 1090 g/mol. The van der Waals surface area contributed by atoms with Crippen LogP contribution in [0.2, 0.25) is 10.0 Å². The van der Waals surface area contributed by atoms with Crippen molar-refractivity contribution in [3.05, 3.63) is 160 Å². The number of alkyl halides is 6. The van der Waals surface area contributed by atoms with E-state index in [9.17, 15) is 31.1 Å². The summed E-state index contributed by atoms with van der Waals surface area (Å²) >= 11 is 12.9. The number of anilines is 4. The summed E-state index contributed by atoms with van der Waals surface area (Å²) in [6, 6.07) is 22.9. The molecule has 3 aliphatic carbocycles. The summed E-state index contributed by atoms with van der Waals surface area (Å²) in [4.78, 5) is 33.3. The highest BCUT2D eigenvalue weighted by molar-refractivity contribution is 6.33. The van der Waals surface area contributed by atoms with Crippen molar-refractivity contribution in [1.82, 2.24) is 35.6 Å². The van der Waals surface area contributed by atoms with Crippen LogP contribution in [0.4, 0.5) is 54.4 Å². The average Bonchev–Trinajstić information content (AvgIpc) is 4.19. The van der Waals surface area contributed by atoms with Crippen LogP contribution in [0.5, 0.6) is 0 Å². The van der Waals surface area contributed by atoms with Crippen LogP contribution in [0, 0.1) is 0 Å². The zero-order valence-corrected chi connectivity index (χ0v) is 45.1. The van der Waals surface area contributed by atoms with Crippen LogP contribution in [-0.2, 0) is 11.2 Å². The highest BCUT2D eigenvalue weighted by Crippen LogP contribution is 2.39. The van der Waals surface area contributed by atoms with Gasteiger partial charge in [-0.25, -0.2) is 24.7 Å². The molecule has 0 bridgehead atoms. The van der Waals surface area contributed by atoms with Crippen LogP contribution in [0.1, 0.15) is 127 Å². The molecule has 3 aliphatic rings. The Balaban J connectivity index is 0.000000231. The Kier molecular flexibility index (Phi) is 20.0. The number of nitrogens with one attached hydrogen (secondary N) is 6. The fourth-order valence-electron chi connectivity index (χ4n) is 10.4. The molecule has 3 aromatic heterocycles. The van der Waals surface area contributed by atoms with Crippen LogP contribution < -0.4 is 32.3 Å². The Morgan fingerprint density at radius 1 is 0.667 bits per heavy atom. The lowest BCUT2D eigenvalue weighted by molar-refractivity contribution is -0.161. The van der Waals surface area contributed by atoms with Gasteiger partial charge < -0.3 is 26.1 Å². The quantitative estimate of drug-likeness (QED) is 0.0431. The van der Waals surface area contributed by atoms with E-state index in [0.29, 0.717) is 70.4 Å². The molecule has 21 heteroatoms. The third kappa shape index (κ3) is 16.0. The number of nitrogens with two attached hydrogens (primary N) is 1. The molecule has 2 saturated carbocycles. The van der Waals surface area contributed by atoms with E-state index in [4.69, 9.17) is 38.7 Å². The predicted molar refractivity (Wildman–Crippen MR) is 312 cm³/mol. The zero-order valence-electron chi connectivity index (χ0n) is 43.6. The summed E-state index contributed by atoms with van der Waals surface area (Å²) in [6.07, 6.45) is 3.62. The number of carbonyl (C=O) groups is 1. The van der Waals surface area contributed by atoms with Gasteiger partial charge in [-0.2, -0.15) is 26.3 Å². The van der Waals surface area contributed by atoms with E-state index < -0.39 is 36.1 Å². The number of halogens is 8. The van der Waals surface area contributed by atoms with Gasteiger partial charge in [0.15, 0.2) is 0 Å². The van der Waals surface area contributed by atoms with Crippen molar-refractivity contribution in [2.24, 2.45) is 0 Å². The van der Waals surface area contributed by atoms with Crippen LogP contribution in [-0.4, -0.2) is 73.1 Å². The number of nitrogens with zero attached hydrogens (tertiary/aromatic N) is 4. The Morgan fingerprint density at radius 2 is 1.17 bits per heavy atom. The Hall–Kier alpha value is -6.93. The lowest BCUT2D eigenvalue weighted by atomic mass is 9.90. The van der Waals surface area contributed by atoms with Gasteiger partial charge in [0.05, 0.1) is 33.8 Å². The molecule has 3 heterocycles. The maximum absolute atomic E-state index is 14.2. The number of aromatic amines is 1. The first-order valence-corrected chi connectivity index (χ1v) is 26.9. The van der Waals surface area contributed by atoms with E-state index >= 15 is 0 Å². The molecule has 0 unspecified atom stereocenters. The number of para-hydroxylation sites is 1. The van der Waals surface area contributed by atoms with Crippen molar-refractivity contribution in [3.63, 3.8) is 0 Å². The number of benzene rings is 4. The van der Waals surface area contributed by atoms with E-state index in [-0.39, 0.29) is 50.1 Å². The molecule has 2 fully saturated rings. The van der Waals surface area contributed by atoms with Crippen molar-refractivity contribution in [2.45, 2.75) is 148 Å². The lowest BCUT2D eigenvalue weighted by Gasteiger charge is -2.34.